The molecule has 0 radical (unpaired) electrons. The van der Waals surface area contributed by atoms with E-state index in [2.05, 4.69) is 10.2 Å². The second-order valence-electron chi connectivity index (χ2n) is 6.19. The Balaban J connectivity index is 0.000000706. The predicted molar refractivity (Wildman–Crippen MR) is 94.2 cm³/mol. The van der Waals surface area contributed by atoms with Crippen LogP contribution < -0.4 is 9.47 Å². The molecule has 2 aliphatic heterocycles. The molecule has 2 aliphatic rings. The quantitative estimate of drug-likeness (QED) is 0.659. The molecule has 2 aromatic rings. The van der Waals surface area contributed by atoms with Crippen molar-refractivity contribution >= 4 is 18.3 Å². The molecule has 0 unspecified atom stereocenters. The van der Waals surface area contributed by atoms with E-state index in [1.54, 1.807) is 4.90 Å². The molecule has 10 nitrogen and oxygen atoms in total. The number of fused-ring (bicyclic) bond motifs is 2. The molecule has 1 aromatic heterocycles. The topological polar surface area (TPSA) is 142 Å². The van der Waals surface area contributed by atoms with E-state index in [9.17, 15) is 14.7 Å². The Morgan fingerprint density at radius 3 is 2.79 bits per heavy atom. The molecule has 0 bridgehead atoms. The van der Waals surface area contributed by atoms with Gasteiger partial charge in [-0.2, -0.15) is 5.10 Å². The summed E-state index contributed by atoms with van der Waals surface area (Å²) in [6, 6.07) is 5.66. The van der Waals surface area contributed by atoms with E-state index in [0.29, 0.717) is 37.1 Å². The van der Waals surface area contributed by atoms with Crippen molar-refractivity contribution in [2.75, 3.05) is 13.3 Å². The highest BCUT2D eigenvalue weighted by molar-refractivity contribution is 5.87. The van der Waals surface area contributed by atoms with Crippen molar-refractivity contribution in [1.82, 2.24) is 15.1 Å². The Labute approximate surface area is 159 Å². The largest absolute Gasteiger partial charge is 0.483 e. The van der Waals surface area contributed by atoms with Gasteiger partial charge in [-0.05, 0) is 24.1 Å². The van der Waals surface area contributed by atoms with Crippen LogP contribution in [0.15, 0.2) is 18.2 Å². The lowest BCUT2D eigenvalue weighted by Crippen LogP contribution is -2.36. The minimum absolute atomic E-state index is 0.000792. The lowest BCUT2D eigenvalue weighted by molar-refractivity contribution is -0.132. The summed E-state index contributed by atoms with van der Waals surface area (Å²) in [6.45, 7) is 0.825. The lowest BCUT2D eigenvalue weighted by atomic mass is 10.0. The summed E-state index contributed by atoms with van der Waals surface area (Å²) in [7, 11) is 0. The van der Waals surface area contributed by atoms with Crippen molar-refractivity contribution in [2.45, 2.75) is 25.8 Å². The Morgan fingerprint density at radius 1 is 1.29 bits per heavy atom. The van der Waals surface area contributed by atoms with Gasteiger partial charge >= 0.3 is 5.97 Å². The molecule has 28 heavy (non-hydrogen) atoms. The number of carbonyl (C=O) groups excluding carboxylic acids is 1. The smallest absolute Gasteiger partial charge is 0.356 e. The average Bonchev–Trinajstić information content (AvgIpc) is 3.32. The molecule has 0 saturated heterocycles. The van der Waals surface area contributed by atoms with E-state index in [1.807, 2.05) is 18.2 Å². The van der Waals surface area contributed by atoms with Crippen molar-refractivity contribution < 1.29 is 34.1 Å². The maximum atomic E-state index is 12.5. The third-order valence-corrected chi connectivity index (χ3v) is 4.55. The van der Waals surface area contributed by atoms with Crippen LogP contribution in [0.4, 0.5) is 0 Å². The van der Waals surface area contributed by atoms with E-state index in [4.69, 9.17) is 19.4 Å². The second kappa shape index (κ2) is 8.42. The highest BCUT2D eigenvalue weighted by atomic mass is 16.7. The third kappa shape index (κ3) is 4.05. The molecule has 3 heterocycles. The van der Waals surface area contributed by atoms with Crippen LogP contribution in [0.25, 0.3) is 0 Å². The van der Waals surface area contributed by atoms with E-state index < -0.39 is 5.97 Å². The Kier molecular flexibility index (Phi) is 5.78. The molecule has 4 rings (SSSR count). The van der Waals surface area contributed by atoms with Gasteiger partial charge in [-0.25, -0.2) is 4.79 Å². The third-order valence-electron chi connectivity index (χ3n) is 4.55. The van der Waals surface area contributed by atoms with Crippen LogP contribution in [0.5, 0.6) is 11.5 Å². The zero-order valence-corrected chi connectivity index (χ0v) is 14.9. The highest BCUT2D eigenvalue weighted by Gasteiger charge is 2.27. The summed E-state index contributed by atoms with van der Waals surface area (Å²) in [4.78, 5) is 33.8. The standard InChI is InChI=1S/C17H17N3O5.CH2O2/c21-15(4-2-10-1-3-13-14(7-10)25-9-24-13)20-6-5-12-11(8-20)16(17(22)23)19-18-12;2-1-3/h1,3,7H,2,4-6,8-9H2,(H,18,19)(H,22,23);1H,(H,2,3). The highest BCUT2D eigenvalue weighted by Crippen LogP contribution is 2.32. The number of carboxylic acids is 1. The predicted octanol–water partition coefficient (Wildman–Crippen LogP) is 1.05. The zero-order valence-electron chi connectivity index (χ0n) is 14.9. The minimum atomic E-state index is -1.08. The van der Waals surface area contributed by atoms with E-state index in [0.717, 1.165) is 17.0 Å². The number of benzene rings is 1. The van der Waals surface area contributed by atoms with Gasteiger partial charge < -0.3 is 24.6 Å². The van der Waals surface area contributed by atoms with Crippen molar-refractivity contribution in [2.24, 2.45) is 0 Å². The van der Waals surface area contributed by atoms with Gasteiger partial charge in [0.2, 0.25) is 12.7 Å². The summed E-state index contributed by atoms with van der Waals surface area (Å²) in [5.41, 5.74) is 2.42. The molecule has 1 aromatic carbocycles. The number of hydrogen-bond donors (Lipinski definition) is 3. The molecule has 0 fully saturated rings. The van der Waals surface area contributed by atoms with Gasteiger partial charge in [0.05, 0.1) is 0 Å². The minimum Gasteiger partial charge on any atom is -0.483 e. The maximum absolute atomic E-state index is 12.5. The molecule has 1 amide bonds. The maximum Gasteiger partial charge on any atom is 0.356 e. The SMILES string of the molecule is O=C(O)c1n[nH]c2c1CN(C(=O)CCc1ccc3c(c1)OCO3)CC2.O=CO. The van der Waals surface area contributed by atoms with Gasteiger partial charge in [-0.3, -0.25) is 14.7 Å². The van der Waals surface area contributed by atoms with Gasteiger partial charge in [0, 0.05) is 37.2 Å². The van der Waals surface area contributed by atoms with Crippen molar-refractivity contribution in [3.8, 4) is 11.5 Å². The average molecular weight is 389 g/mol. The second-order valence-corrected chi connectivity index (χ2v) is 6.19. The summed E-state index contributed by atoms with van der Waals surface area (Å²) in [5.74, 6) is 0.352. The van der Waals surface area contributed by atoms with Crippen LogP contribution in [0.1, 0.15) is 33.7 Å². The molecule has 0 atom stereocenters. The number of ether oxygens (including phenoxy) is 2. The molecule has 0 spiro atoms. The normalized spacial score (nSPS) is 13.9. The van der Waals surface area contributed by atoms with Gasteiger partial charge in [-0.1, -0.05) is 6.07 Å². The molecule has 10 heteroatoms. The van der Waals surface area contributed by atoms with Gasteiger partial charge in [0.25, 0.3) is 6.47 Å². The molecule has 3 N–H and O–H groups in total. The van der Waals surface area contributed by atoms with Crippen LogP contribution in [-0.4, -0.2) is 57.0 Å². The van der Waals surface area contributed by atoms with E-state index in [-0.39, 0.29) is 31.4 Å². The van der Waals surface area contributed by atoms with E-state index >= 15 is 0 Å². The Morgan fingerprint density at radius 2 is 2.04 bits per heavy atom. The number of hydrogen-bond acceptors (Lipinski definition) is 6. The monoisotopic (exact) mass is 389 g/mol. The molecule has 0 saturated carbocycles. The number of aryl methyl sites for hydroxylation is 1. The number of amides is 1. The fourth-order valence-corrected chi connectivity index (χ4v) is 3.19. The van der Waals surface area contributed by atoms with Crippen molar-refractivity contribution in [1.29, 1.82) is 0 Å². The fourth-order valence-electron chi connectivity index (χ4n) is 3.19. The molecular formula is C18H19N3O7. The summed E-state index contributed by atoms with van der Waals surface area (Å²) in [6.07, 6.45) is 1.54. The molecule has 148 valence electrons. The number of nitrogens with one attached hydrogen (secondary N) is 1. The Bertz CT molecular complexity index is 893. The number of aromatic carboxylic acids is 1. The van der Waals surface area contributed by atoms with Crippen LogP contribution in [-0.2, 0) is 29.0 Å². The zero-order chi connectivity index (χ0) is 20.1. The van der Waals surface area contributed by atoms with Crippen LogP contribution in [0.3, 0.4) is 0 Å². The van der Waals surface area contributed by atoms with Gasteiger partial charge in [-0.15, -0.1) is 0 Å². The van der Waals surface area contributed by atoms with Crippen molar-refractivity contribution in [3.63, 3.8) is 0 Å². The number of carbonyl (C=O) groups is 3. The molecule has 0 aliphatic carbocycles. The molecular weight excluding hydrogens is 370 g/mol. The number of aromatic nitrogens is 2. The number of aromatic amines is 1. The number of rotatable bonds is 4. The summed E-state index contributed by atoms with van der Waals surface area (Å²) < 4.78 is 10.6. The van der Waals surface area contributed by atoms with Crippen LogP contribution in [0, 0.1) is 0 Å². The number of nitrogens with zero attached hydrogens (tertiary/aromatic N) is 2. The van der Waals surface area contributed by atoms with Gasteiger partial charge in [0.15, 0.2) is 17.2 Å². The lowest BCUT2D eigenvalue weighted by Gasteiger charge is -2.27. The van der Waals surface area contributed by atoms with Gasteiger partial charge in [0.1, 0.15) is 0 Å². The first-order valence-electron chi connectivity index (χ1n) is 8.57. The van der Waals surface area contributed by atoms with Crippen LogP contribution >= 0.6 is 0 Å². The number of carboxylic acid groups (broad SMARTS) is 2. The summed E-state index contributed by atoms with van der Waals surface area (Å²) in [5, 5.41) is 22.6. The van der Waals surface area contributed by atoms with Crippen molar-refractivity contribution in [3.05, 3.63) is 40.7 Å². The first-order chi connectivity index (χ1) is 13.5. The Hall–Kier alpha value is -3.56. The first-order valence-corrected chi connectivity index (χ1v) is 8.57. The fraction of sp³-hybridized carbons (Fsp3) is 0.333. The summed E-state index contributed by atoms with van der Waals surface area (Å²) >= 11 is 0. The first kappa shape index (κ1) is 19.2. The van der Waals surface area contributed by atoms with Crippen LogP contribution in [0.2, 0.25) is 0 Å². The van der Waals surface area contributed by atoms with E-state index in [1.165, 1.54) is 0 Å². The number of H-pyrrole nitrogens is 1.